The molecule has 2 rings (SSSR count). The van der Waals surface area contributed by atoms with Crippen LogP contribution in [0.4, 0.5) is 0 Å². The van der Waals surface area contributed by atoms with Crippen LogP contribution in [0.2, 0.25) is 0 Å². The van der Waals surface area contributed by atoms with E-state index in [1.54, 1.807) is 6.20 Å². The molecule has 1 fully saturated rings. The SMILES string of the molecule is Cl.NCCC(=O)N1CCC(n2cc(Br)cn2)CC1. The highest BCUT2D eigenvalue weighted by atomic mass is 79.9. The van der Waals surface area contributed by atoms with Crippen LogP contribution in [0.5, 0.6) is 0 Å². The average molecular weight is 338 g/mol. The number of carbonyl (C=O) groups excluding carboxylic acids is 1. The highest BCUT2D eigenvalue weighted by Gasteiger charge is 2.23. The van der Waals surface area contributed by atoms with Crippen molar-refractivity contribution in [1.82, 2.24) is 14.7 Å². The molecule has 1 aliphatic heterocycles. The van der Waals surface area contributed by atoms with Gasteiger partial charge in [0.1, 0.15) is 0 Å². The van der Waals surface area contributed by atoms with Gasteiger partial charge in [0, 0.05) is 32.3 Å². The number of nitrogens with zero attached hydrogens (tertiary/aromatic N) is 3. The molecule has 0 bridgehead atoms. The molecule has 1 aromatic heterocycles. The number of nitrogens with two attached hydrogens (primary N) is 1. The number of rotatable bonds is 3. The summed E-state index contributed by atoms with van der Waals surface area (Å²) in [7, 11) is 0. The van der Waals surface area contributed by atoms with E-state index in [0.29, 0.717) is 19.0 Å². The maximum atomic E-state index is 11.7. The van der Waals surface area contributed by atoms with Gasteiger partial charge in [-0.2, -0.15) is 5.10 Å². The van der Waals surface area contributed by atoms with E-state index in [4.69, 9.17) is 5.73 Å². The Labute approximate surface area is 121 Å². The van der Waals surface area contributed by atoms with E-state index in [9.17, 15) is 4.79 Å². The molecule has 18 heavy (non-hydrogen) atoms. The van der Waals surface area contributed by atoms with Gasteiger partial charge in [-0.15, -0.1) is 12.4 Å². The van der Waals surface area contributed by atoms with Gasteiger partial charge in [-0.1, -0.05) is 0 Å². The zero-order chi connectivity index (χ0) is 12.3. The Morgan fingerprint density at radius 2 is 2.17 bits per heavy atom. The minimum Gasteiger partial charge on any atom is -0.343 e. The summed E-state index contributed by atoms with van der Waals surface area (Å²) in [5, 5.41) is 4.29. The Balaban J connectivity index is 0.00000162. The predicted molar refractivity (Wildman–Crippen MR) is 75.7 cm³/mol. The summed E-state index contributed by atoms with van der Waals surface area (Å²) < 4.78 is 2.98. The summed E-state index contributed by atoms with van der Waals surface area (Å²) in [6.45, 7) is 2.05. The lowest BCUT2D eigenvalue weighted by molar-refractivity contribution is -0.132. The third-order valence-corrected chi connectivity index (χ3v) is 3.53. The standard InChI is InChI=1S/C11H17BrN4O.ClH/c12-9-7-14-16(8-9)10-2-5-15(6-3-10)11(17)1-4-13;/h7-8,10H,1-6,13H2;1H. The zero-order valence-electron chi connectivity index (χ0n) is 10.1. The Morgan fingerprint density at radius 3 is 2.67 bits per heavy atom. The van der Waals surface area contributed by atoms with Gasteiger partial charge in [-0.3, -0.25) is 9.48 Å². The molecule has 0 radical (unpaired) electrons. The van der Waals surface area contributed by atoms with Crippen LogP contribution in [0.1, 0.15) is 25.3 Å². The average Bonchev–Trinajstić information content (AvgIpc) is 2.76. The summed E-state index contributed by atoms with van der Waals surface area (Å²) in [5.41, 5.74) is 5.39. The minimum absolute atomic E-state index is 0. The first-order valence-corrected chi connectivity index (χ1v) is 6.67. The number of hydrogen-bond acceptors (Lipinski definition) is 3. The molecule has 0 spiro atoms. The van der Waals surface area contributed by atoms with Gasteiger partial charge >= 0.3 is 0 Å². The van der Waals surface area contributed by atoms with E-state index >= 15 is 0 Å². The van der Waals surface area contributed by atoms with Gasteiger partial charge in [-0.25, -0.2) is 0 Å². The highest BCUT2D eigenvalue weighted by Crippen LogP contribution is 2.23. The molecule has 102 valence electrons. The highest BCUT2D eigenvalue weighted by molar-refractivity contribution is 9.10. The van der Waals surface area contributed by atoms with Gasteiger partial charge in [0.15, 0.2) is 0 Å². The van der Waals surface area contributed by atoms with E-state index in [0.717, 1.165) is 30.4 Å². The van der Waals surface area contributed by atoms with Crippen molar-refractivity contribution in [1.29, 1.82) is 0 Å². The molecule has 0 aliphatic carbocycles. The quantitative estimate of drug-likeness (QED) is 0.911. The van der Waals surface area contributed by atoms with Crippen LogP contribution < -0.4 is 5.73 Å². The monoisotopic (exact) mass is 336 g/mol. The Hall–Kier alpha value is -0.590. The van der Waals surface area contributed by atoms with Crippen molar-refractivity contribution >= 4 is 34.2 Å². The van der Waals surface area contributed by atoms with Crippen molar-refractivity contribution in [2.75, 3.05) is 19.6 Å². The van der Waals surface area contributed by atoms with Crippen molar-refractivity contribution in [3.8, 4) is 0 Å². The maximum Gasteiger partial charge on any atom is 0.223 e. The molecule has 1 aliphatic rings. The molecule has 0 atom stereocenters. The smallest absolute Gasteiger partial charge is 0.223 e. The van der Waals surface area contributed by atoms with Crippen LogP contribution in [-0.4, -0.2) is 40.2 Å². The summed E-state index contributed by atoms with van der Waals surface area (Å²) in [4.78, 5) is 13.6. The maximum absolute atomic E-state index is 11.7. The number of likely N-dealkylation sites (tertiary alicyclic amines) is 1. The second-order valence-electron chi connectivity index (χ2n) is 4.29. The first kappa shape index (κ1) is 15.5. The van der Waals surface area contributed by atoms with Crippen LogP contribution >= 0.6 is 28.3 Å². The van der Waals surface area contributed by atoms with Crippen LogP contribution in [0.25, 0.3) is 0 Å². The van der Waals surface area contributed by atoms with Gasteiger partial charge in [0.2, 0.25) is 5.91 Å². The molecule has 0 unspecified atom stereocenters. The molecular formula is C11H18BrClN4O. The Morgan fingerprint density at radius 1 is 1.50 bits per heavy atom. The van der Waals surface area contributed by atoms with Crippen molar-refractivity contribution < 1.29 is 4.79 Å². The van der Waals surface area contributed by atoms with E-state index in [2.05, 4.69) is 21.0 Å². The number of carbonyl (C=O) groups is 1. The Bertz CT molecular complexity index is 390. The molecule has 1 saturated heterocycles. The molecular weight excluding hydrogens is 320 g/mol. The summed E-state index contributed by atoms with van der Waals surface area (Å²) >= 11 is 3.39. The lowest BCUT2D eigenvalue weighted by Gasteiger charge is -2.32. The Kier molecular flexibility index (Phi) is 6.11. The molecule has 0 saturated carbocycles. The van der Waals surface area contributed by atoms with Crippen LogP contribution in [0, 0.1) is 0 Å². The minimum atomic E-state index is 0. The largest absolute Gasteiger partial charge is 0.343 e. The summed E-state index contributed by atoms with van der Waals surface area (Å²) in [6.07, 6.45) is 6.17. The molecule has 1 aromatic rings. The summed E-state index contributed by atoms with van der Waals surface area (Å²) in [5.74, 6) is 0.174. The van der Waals surface area contributed by atoms with Crippen LogP contribution in [-0.2, 0) is 4.79 Å². The molecule has 7 heteroatoms. The third kappa shape index (κ3) is 3.70. The lowest BCUT2D eigenvalue weighted by Crippen LogP contribution is -2.39. The van der Waals surface area contributed by atoms with E-state index < -0.39 is 0 Å². The van der Waals surface area contributed by atoms with Crippen LogP contribution in [0.3, 0.4) is 0 Å². The van der Waals surface area contributed by atoms with Gasteiger partial charge in [0.25, 0.3) is 0 Å². The van der Waals surface area contributed by atoms with Crippen molar-refractivity contribution in [3.05, 3.63) is 16.9 Å². The van der Waals surface area contributed by atoms with Gasteiger partial charge in [-0.05, 0) is 28.8 Å². The first-order valence-electron chi connectivity index (χ1n) is 5.88. The molecule has 2 N–H and O–H groups in total. The number of halogens is 2. The normalized spacial score (nSPS) is 16.4. The molecule has 2 heterocycles. The fraction of sp³-hybridized carbons (Fsp3) is 0.636. The predicted octanol–water partition coefficient (Wildman–Crippen LogP) is 1.58. The fourth-order valence-electron chi connectivity index (χ4n) is 2.18. The number of piperidine rings is 1. The molecule has 0 aromatic carbocycles. The van der Waals surface area contributed by atoms with Crippen molar-refractivity contribution in [3.63, 3.8) is 0 Å². The number of aromatic nitrogens is 2. The second kappa shape index (κ2) is 7.11. The lowest BCUT2D eigenvalue weighted by atomic mass is 10.1. The van der Waals surface area contributed by atoms with Crippen molar-refractivity contribution in [2.45, 2.75) is 25.3 Å². The zero-order valence-corrected chi connectivity index (χ0v) is 12.5. The number of hydrogen-bond donors (Lipinski definition) is 1. The third-order valence-electron chi connectivity index (χ3n) is 3.12. The molecule has 5 nitrogen and oxygen atoms in total. The van der Waals surface area contributed by atoms with Gasteiger partial charge in [0.05, 0.1) is 16.7 Å². The number of amides is 1. The molecule has 1 amide bonds. The topological polar surface area (TPSA) is 64.2 Å². The van der Waals surface area contributed by atoms with E-state index in [-0.39, 0.29) is 18.3 Å². The van der Waals surface area contributed by atoms with E-state index in [1.807, 2.05) is 15.8 Å². The fourth-order valence-corrected chi connectivity index (χ4v) is 2.48. The van der Waals surface area contributed by atoms with Crippen LogP contribution in [0.15, 0.2) is 16.9 Å². The van der Waals surface area contributed by atoms with Gasteiger partial charge < -0.3 is 10.6 Å². The van der Waals surface area contributed by atoms with Crippen molar-refractivity contribution in [2.24, 2.45) is 5.73 Å². The summed E-state index contributed by atoms with van der Waals surface area (Å²) in [6, 6.07) is 0.406. The second-order valence-corrected chi connectivity index (χ2v) is 5.20. The first-order chi connectivity index (χ1) is 8.20. The van der Waals surface area contributed by atoms with E-state index in [1.165, 1.54) is 0 Å².